The van der Waals surface area contributed by atoms with Crippen molar-refractivity contribution in [3.05, 3.63) is 41.5 Å². The first-order valence-corrected chi connectivity index (χ1v) is 8.31. The lowest BCUT2D eigenvalue weighted by Gasteiger charge is -2.26. The van der Waals surface area contributed by atoms with E-state index in [-0.39, 0.29) is 24.3 Å². The van der Waals surface area contributed by atoms with Crippen LogP contribution in [-0.4, -0.2) is 25.0 Å². The van der Waals surface area contributed by atoms with Crippen molar-refractivity contribution in [2.45, 2.75) is 52.0 Å². The zero-order valence-corrected chi connectivity index (χ0v) is 14.2. The molecule has 0 radical (unpaired) electrons. The van der Waals surface area contributed by atoms with Crippen LogP contribution in [0.25, 0.3) is 0 Å². The number of methoxy groups -OCH3 is 1. The molecule has 124 valence electrons. The molecule has 1 unspecified atom stereocenters. The summed E-state index contributed by atoms with van der Waals surface area (Å²) in [7, 11) is 1.39. The van der Waals surface area contributed by atoms with Crippen molar-refractivity contribution in [1.29, 1.82) is 0 Å². The summed E-state index contributed by atoms with van der Waals surface area (Å²) in [5.74, 6) is -0.245. The Morgan fingerprint density at radius 1 is 1.13 bits per heavy atom. The largest absolute Gasteiger partial charge is 0.469 e. The normalized spacial score (nSPS) is 17.8. The van der Waals surface area contributed by atoms with Gasteiger partial charge in [0.25, 0.3) is 5.91 Å². The van der Waals surface area contributed by atoms with E-state index >= 15 is 0 Å². The van der Waals surface area contributed by atoms with E-state index in [1.165, 1.54) is 7.11 Å². The third-order valence-electron chi connectivity index (χ3n) is 4.22. The molecule has 0 saturated carbocycles. The van der Waals surface area contributed by atoms with E-state index in [9.17, 15) is 9.59 Å². The van der Waals surface area contributed by atoms with Crippen LogP contribution in [0, 0.1) is 0 Å². The summed E-state index contributed by atoms with van der Waals surface area (Å²) in [4.78, 5) is 26.6. The fourth-order valence-electron chi connectivity index (χ4n) is 3.23. The molecule has 0 fully saturated rings. The van der Waals surface area contributed by atoms with Crippen molar-refractivity contribution in [2.75, 3.05) is 12.0 Å². The maximum absolute atomic E-state index is 13.0. The molecule has 2 rings (SSSR count). The first-order chi connectivity index (χ1) is 11.1. The highest BCUT2D eigenvalue weighted by Gasteiger charge is 2.39. The van der Waals surface area contributed by atoms with Gasteiger partial charge < -0.3 is 9.64 Å². The molecule has 0 N–H and O–H groups in total. The fourth-order valence-corrected chi connectivity index (χ4v) is 3.23. The topological polar surface area (TPSA) is 46.6 Å². The molecule has 1 amide bonds. The van der Waals surface area contributed by atoms with E-state index in [0.717, 1.165) is 42.5 Å². The lowest BCUT2D eigenvalue weighted by atomic mass is 9.95. The van der Waals surface area contributed by atoms with Gasteiger partial charge in [-0.2, -0.15) is 0 Å². The number of ether oxygens (including phenoxy) is 1. The Hall–Kier alpha value is -2.10. The second kappa shape index (κ2) is 7.95. The van der Waals surface area contributed by atoms with Gasteiger partial charge in [-0.25, -0.2) is 0 Å². The summed E-state index contributed by atoms with van der Waals surface area (Å²) >= 11 is 0. The van der Waals surface area contributed by atoms with E-state index in [4.69, 9.17) is 4.74 Å². The predicted molar refractivity (Wildman–Crippen MR) is 91.2 cm³/mol. The Bertz CT molecular complexity index is 592. The number of para-hydroxylation sites is 1. The van der Waals surface area contributed by atoms with Crippen molar-refractivity contribution in [3.63, 3.8) is 0 Å². The Labute approximate surface area is 138 Å². The first kappa shape index (κ1) is 17.3. The number of hydrogen-bond acceptors (Lipinski definition) is 3. The minimum absolute atomic E-state index is 0.0374. The molecule has 4 nitrogen and oxygen atoms in total. The lowest BCUT2D eigenvalue weighted by molar-refractivity contribution is -0.140. The van der Waals surface area contributed by atoms with E-state index in [2.05, 4.69) is 13.8 Å². The highest BCUT2D eigenvalue weighted by atomic mass is 16.5. The van der Waals surface area contributed by atoms with Crippen LogP contribution in [0.2, 0.25) is 0 Å². The Morgan fingerprint density at radius 3 is 2.35 bits per heavy atom. The van der Waals surface area contributed by atoms with Crippen LogP contribution >= 0.6 is 0 Å². The van der Waals surface area contributed by atoms with Crippen molar-refractivity contribution in [1.82, 2.24) is 0 Å². The number of hydrogen-bond donors (Lipinski definition) is 0. The summed E-state index contributed by atoms with van der Waals surface area (Å²) in [6, 6.07) is 9.36. The highest BCUT2D eigenvalue weighted by molar-refractivity contribution is 6.10. The zero-order valence-electron chi connectivity index (χ0n) is 14.2. The number of carbonyl (C=O) groups excluding carboxylic acids is 2. The molecule has 0 saturated heterocycles. The molecule has 0 bridgehead atoms. The van der Waals surface area contributed by atoms with Crippen LogP contribution in [0.3, 0.4) is 0 Å². The zero-order chi connectivity index (χ0) is 16.8. The third kappa shape index (κ3) is 3.63. The number of amides is 1. The Balaban J connectivity index is 2.44. The maximum Gasteiger partial charge on any atom is 0.307 e. The molecular formula is C19H25NO3. The SMILES string of the molecule is CCCC1=C(CCC)C(CC(=O)OC)N(c2ccccc2)C1=O. The second-order valence-corrected chi connectivity index (χ2v) is 5.81. The van der Waals surface area contributed by atoms with E-state index in [0.29, 0.717) is 0 Å². The van der Waals surface area contributed by atoms with Crippen molar-refractivity contribution in [2.24, 2.45) is 0 Å². The number of benzene rings is 1. The van der Waals surface area contributed by atoms with Gasteiger partial charge in [-0.1, -0.05) is 44.9 Å². The molecule has 1 atom stereocenters. The van der Waals surface area contributed by atoms with Gasteiger partial charge in [-0.05, 0) is 30.5 Å². The van der Waals surface area contributed by atoms with Crippen LogP contribution < -0.4 is 4.90 Å². The molecule has 1 aliphatic rings. The summed E-state index contributed by atoms with van der Waals surface area (Å²) < 4.78 is 4.85. The third-order valence-corrected chi connectivity index (χ3v) is 4.22. The molecule has 1 aromatic carbocycles. The molecule has 0 aromatic heterocycles. The fraction of sp³-hybridized carbons (Fsp3) is 0.474. The molecule has 23 heavy (non-hydrogen) atoms. The molecule has 4 heteroatoms. The van der Waals surface area contributed by atoms with Gasteiger partial charge in [-0.3, -0.25) is 9.59 Å². The van der Waals surface area contributed by atoms with Gasteiger partial charge in [0, 0.05) is 11.3 Å². The Kier molecular flexibility index (Phi) is 5.97. The quantitative estimate of drug-likeness (QED) is 0.718. The van der Waals surface area contributed by atoms with Gasteiger partial charge in [0.2, 0.25) is 0 Å². The average molecular weight is 315 g/mol. The smallest absolute Gasteiger partial charge is 0.307 e. The number of rotatable bonds is 7. The molecule has 1 aliphatic heterocycles. The van der Waals surface area contributed by atoms with E-state index in [1.54, 1.807) is 4.90 Å². The summed E-state index contributed by atoms with van der Waals surface area (Å²) in [6.07, 6.45) is 3.68. The van der Waals surface area contributed by atoms with Crippen LogP contribution in [0.1, 0.15) is 46.0 Å². The average Bonchev–Trinajstić information content (AvgIpc) is 2.81. The van der Waals surface area contributed by atoms with Gasteiger partial charge >= 0.3 is 5.97 Å². The van der Waals surface area contributed by atoms with E-state index in [1.807, 2.05) is 30.3 Å². The first-order valence-electron chi connectivity index (χ1n) is 8.31. The Morgan fingerprint density at radius 2 is 1.78 bits per heavy atom. The van der Waals surface area contributed by atoms with Gasteiger partial charge in [0.05, 0.1) is 19.6 Å². The minimum Gasteiger partial charge on any atom is -0.469 e. The van der Waals surface area contributed by atoms with Crippen LogP contribution in [-0.2, 0) is 14.3 Å². The molecule has 1 aromatic rings. The summed E-state index contributed by atoms with van der Waals surface area (Å²) in [5.41, 5.74) is 2.83. The minimum atomic E-state index is -0.282. The maximum atomic E-state index is 13.0. The number of anilines is 1. The van der Waals surface area contributed by atoms with Crippen LogP contribution in [0.5, 0.6) is 0 Å². The highest BCUT2D eigenvalue weighted by Crippen LogP contribution is 2.37. The van der Waals surface area contributed by atoms with Gasteiger partial charge in [-0.15, -0.1) is 0 Å². The van der Waals surface area contributed by atoms with Crippen molar-refractivity contribution < 1.29 is 14.3 Å². The van der Waals surface area contributed by atoms with Crippen molar-refractivity contribution >= 4 is 17.6 Å². The van der Waals surface area contributed by atoms with Crippen LogP contribution in [0.15, 0.2) is 41.5 Å². The molecule has 0 aliphatic carbocycles. The molecular weight excluding hydrogens is 290 g/mol. The van der Waals surface area contributed by atoms with Gasteiger partial charge in [0.15, 0.2) is 0 Å². The van der Waals surface area contributed by atoms with Crippen molar-refractivity contribution in [3.8, 4) is 0 Å². The van der Waals surface area contributed by atoms with E-state index < -0.39 is 0 Å². The number of esters is 1. The predicted octanol–water partition coefficient (Wildman–Crippen LogP) is 3.86. The monoisotopic (exact) mass is 315 g/mol. The number of nitrogens with zero attached hydrogens (tertiary/aromatic N) is 1. The summed E-state index contributed by atoms with van der Waals surface area (Å²) in [6.45, 7) is 4.17. The van der Waals surface area contributed by atoms with Gasteiger partial charge in [0.1, 0.15) is 0 Å². The molecule has 0 spiro atoms. The van der Waals surface area contributed by atoms with Crippen LogP contribution in [0.4, 0.5) is 5.69 Å². The summed E-state index contributed by atoms with van der Waals surface area (Å²) in [5, 5.41) is 0. The number of carbonyl (C=O) groups is 2. The lowest BCUT2D eigenvalue weighted by Crippen LogP contribution is -2.37. The standard InChI is InChI=1S/C19H25NO3/c1-4-9-15-16(10-5-2)19(22)20(14-11-7-6-8-12-14)17(15)13-18(21)23-3/h6-8,11-12,17H,4-5,9-10,13H2,1-3H3. The second-order valence-electron chi connectivity index (χ2n) is 5.81. The molecule has 1 heterocycles.